The largest absolute Gasteiger partial charge is 0.380 e. The van der Waals surface area contributed by atoms with Crippen molar-refractivity contribution in [2.45, 2.75) is 71.8 Å². The minimum absolute atomic E-state index is 0.00617. The van der Waals surface area contributed by atoms with Gasteiger partial charge in [0.15, 0.2) is 0 Å². The second kappa shape index (κ2) is 6.75. The first-order valence-electron chi connectivity index (χ1n) is 7.36. The van der Waals surface area contributed by atoms with E-state index in [2.05, 4.69) is 27.7 Å². The molecule has 0 spiro atoms. The molecule has 0 bridgehead atoms. The summed E-state index contributed by atoms with van der Waals surface area (Å²) in [6.45, 7) is 11.7. The van der Waals surface area contributed by atoms with E-state index < -0.39 is 0 Å². The predicted octanol–water partition coefficient (Wildman–Crippen LogP) is 4.18. The van der Waals surface area contributed by atoms with Gasteiger partial charge in [0, 0.05) is 12.0 Å². The monoisotopic (exact) mass is 242 g/mol. The molecule has 1 aliphatic rings. The summed E-state index contributed by atoms with van der Waals surface area (Å²) in [5.74, 6) is 0. The Morgan fingerprint density at radius 2 is 1.82 bits per heavy atom. The fraction of sp³-hybridized carbons (Fsp3) is 1.00. The van der Waals surface area contributed by atoms with Gasteiger partial charge in [-0.1, -0.05) is 40.0 Å². The molecule has 17 heavy (non-hydrogen) atoms. The first kappa shape index (κ1) is 15.0. The fourth-order valence-corrected chi connectivity index (χ4v) is 2.69. The number of rotatable bonds is 9. The number of hydrogen-bond donors (Lipinski definition) is 0. The van der Waals surface area contributed by atoms with Crippen LogP contribution in [-0.2, 0) is 9.47 Å². The molecule has 0 aromatic rings. The average molecular weight is 242 g/mol. The van der Waals surface area contributed by atoms with Crippen LogP contribution in [0.1, 0.15) is 66.2 Å². The Bertz CT molecular complexity index is 205. The highest BCUT2D eigenvalue weighted by Gasteiger charge is 2.52. The van der Waals surface area contributed by atoms with Crippen molar-refractivity contribution in [1.82, 2.24) is 0 Å². The van der Waals surface area contributed by atoms with Gasteiger partial charge in [0.2, 0.25) is 0 Å². The standard InChI is InChI=1S/C15H30O2/c1-5-8-9-10-11-17-14(4,6-2)15(7-3)12-16-13-15/h5-13H2,1-4H3. The maximum atomic E-state index is 6.24. The molecule has 1 aliphatic heterocycles. The van der Waals surface area contributed by atoms with E-state index in [-0.39, 0.29) is 11.0 Å². The molecule has 1 atom stereocenters. The van der Waals surface area contributed by atoms with Crippen LogP contribution in [0.25, 0.3) is 0 Å². The molecule has 0 aromatic carbocycles. The van der Waals surface area contributed by atoms with Crippen molar-refractivity contribution in [2.24, 2.45) is 5.41 Å². The summed E-state index contributed by atoms with van der Waals surface area (Å²) in [5.41, 5.74) is 0.277. The zero-order valence-electron chi connectivity index (χ0n) is 12.2. The number of ether oxygens (including phenoxy) is 2. The van der Waals surface area contributed by atoms with Crippen molar-refractivity contribution in [3.05, 3.63) is 0 Å². The SMILES string of the molecule is CCCCCCOC(C)(CC)C1(CC)COC1. The molecule has 0 aromatic heterocycles. The minimum atomic E-state index is 0.00617. The lowest BCUT2D eigenvalue weighted by atomic mass is 9.67. The summed E-state index contributed by atoms with van der Waals surface area (Å²) >= 11 is 0. The molecule has 2 heteroatoms. The molecule has 1 unspecified atom stereocenters. The van der Waals surface area contributed by atoms with E-state index >= 15 is 0 Å². The maximum Gasteiger partial charge on any atom is 0.0751 e. The minimum Gasteiger partial charge on any atom is -0.380 e. The summed E-state index contributed by atoms with van der Waals surface area (Å²) in [5, 5.41) is 0. The van der Waals surface area contributed by atoms with Crippen LogP contribution in [0.3, 0.4) is 0 Å². The maximum absolute atomic E-state index is 6.24. The predicted molar refractivity (Wildman–Crippen MR) is 72.3 cm³/mol. The zero-order chi connectivity index (χ0) is 12.8. The van der Waals surface area contributed by atoms with Gasteiger partial charge in [-0.3, -0.25) is 0 Å². The Balaban J connectivity index is 2.39. The van der Waals surface area contributed by atoms with Crippen LogP contribution < -0.4 is 0 Å². The summed E-state index contributed by atoms with van der Waals surface area (Å²) in [6.07, 6.45) is 7.35. The van der Waals surface area contributed by atoms with Crippen molar-refractivity contribution in [3.63, 3.8) is 0 Å². The molecule has 0 N–H and O–H groups in total. The molecule has 1 saturated heterocycles. The molecular weight excluding hydrogens is 212 g/mol. The van der Waals surface area contributed by atoms with Crippen molar-refractivity contribution < 1.29 is 9.47 Å². The normalized spacial score (nSPS) is 21.9. The van der Waals surface area contributed by atoms with Crippen molar-refractivity contribution in [3.8, 4) is 0 Å². The molecule has 102 valence electrons. The van der Waals surface area contributed by atoms with Crippen LogP contribution in [0.4, 0.5) is 0 Å². The van der Waals surface area contributed by atoms with Crippen LogP contribution in [0, 0.1) is 5.41 Å². The Labute approximate surface area is 107 Å². The molecule has 1 rings (SSSR count). The van der Waals surface area contributed by atoms with Crippen LogP contribution in [-0.4, -0.2) is 25.4 Å². The van der Waals surface area contributed by atoms with Crippen molar-refractivity contribution in [1.29, 1.82) is 0 Å². The summed E-state index contributed by atoms with van der Waals surface area (Å²) in [6, 6.07) is 0. The first-order chi connectivity index (χ1) is 8.14. The quantitative estimate of drug-likeness (QED) is 0.565. The highest BCUT2D eigenvalue weighted by Crippen LogP contribution is 2.46. The van der Waals surface area contributed by atoms with Crippen LogP contribution in [0.5, 0.6) is 0 Å². The molecule has 0 aliphatic carbocycles. The Hall–Kier alpha value is -0.0800. The number of unbranched alkanes of at least 4 members (excludes halogenated alkanes) is 3. The van der Waals surface area contributed by atoms with Gasteiger partial charge in [-0.15, -0.1) is 0 Å². The van der Waals surface area contributed by atoms with E-state index in [9.17, 15) is 0 Å². The van der Waals surface area contributed by atoms with Crippen LogP contribution in [0.2, 0.25) is 0 Å². The van der Waals surface area contributed by atoms with Crippen molar-refractivity contribution in [2.75, 3.05) is 19.8 Å². The third-order valence-electron chi connectivity index (χ3n) is 4.65. The van der Waals surface area contributed by atoms with Gasteiger partial charge in [0.1, 0.15) is 0 Å². The Morgan fingerprint density at radius 3 is 2.24 bits per heavy atom. The van der Waals surface area contributed by atoms with Crippen LogP contribution in [0.15, 0.2) is 0 Å². The molecular formula is C15H30O2. The zero-order valence-corrected chi connectivity index (χ0v) is 12.2. The molecule has 0 radical (unpaired) electrons. The van der Waals surface area contributed by atoms with E-state index in [0.29, 0.717) is 0 Å². The highest BCUT2D eigenvalue weighted by atomic mass is 16.5. The second-order valence-corrected chi connectivity index (χ2v) is 5.62. The van der Waals surface area contributed by atoms with Gasteiger partial charge in [-0.05, 0) is 26.2 Å². The molecule has 2 nitrogen and oxygen atoms in total. The lowest BCUT2D eigenvalue weighted by Crippen LogP contribution is -2.59. The van der Waals surface area contributed by atoms with E-state index in [4.69, 9.17) is 9.47 Å². The van der Waals surface area contributed by atoms with Crippen molar-refractivity contribution >= 4 is 0 Å². The van der Waals surface area contributed by atoms with Gasteiger partial charge < -0.3 is 9.47 Å². The lowest BCUT2D eigenvalue weighted by molar-refractivity contribution is -0.237. The smallest absolute Gasteiger partial charge is 0.0751 e. The average Bonchev–Trinajstić information content (AvgIpc) is 2.28. The fourth-order valence-electron chi connectivity index (χ4n) is 2.69. The highest BCUT2D eigenvalue weighted by molar-refractivity contribution is 5.00. The summed E-state index contributed by atoms with van der Waals surface area (Å²) in [4.78, 5) is 0. The third-order valence-corrected chi connectivity index (χ3v) is 4.65. The van der Waals surface area contributed by atoms with E-state index in [0.717, 1.165) is 32.7 Å². The van der Waals surface area contributed by atoms with Gasteiger partial charge in [0.25, 0.3) is 0 Å². The summed E-state index contributed by atoms with van der Waals surface area (Å²) < 4.78 is 11.7. The molecule has 1 heterocycles. The number of hydrogen-bond acceptors (Lipinski definition) is 2. The van der Waals surface area contributed by atoms with Crippen LogP contribution >= 0.6 is 0 Å². The molecule has 1 fully saturated rings. The van der Waals surface area contributed by atoms with Gasteiger partial charge in [-0.2, -0.15) is 0 Å². The van der Waals surface area contributed by atoms with E-state index in [1.54, 1.807) is 0 Å². The van der Waals surface area contributed by atoms with Gasteiger partial charge >= 0.3 is 0 Å². The lowest BCUT2D eigenvalue weighted by Gasteiger charge is -2.53. The van der Waals surface area contributed by atoms with Gasteiger partial charge in [-0.25, -0.2) is 0 Å². The third kappa shape index (κ3) is 3.23. The second-order valence-electron chi connectivity index (χ2n) is 5.62. The molecule has 0 saturated carbocycles. The Morgan fingerprint density at radius 1 is 1.12 bits per heavy atom. The first-order valence-corrected chi connectivity index (χ1v) is 7.36. The summed E-state index contributed by atoms with van der Waals surface area (Å²) in [7, 11) is 0. The van der Waals surface area contributed by atoms with Gasteiger partial charge in [0.05, 0.1) is 18.8 Å². The van der Waals surface area contributed by atoms with E-state index in [1.807, 2.05) is 0 Å². The van der Waals surface area contributed by atoms with E-state index in [1.165, 1.54) is 25.7 Å². The topological polar surface area (TPSA) is 18.5 Å². The Kier molecular flexibility index (Phi) is 5.94. The molecule has 0 amide bonds.